The fourth-order valence-electron chi connectivity index (χ4n) is 2.91. The number of methoxy groups -OCH3 is 1. The van der Waals surface area contributed by atoms with E-state index >= 15 is 0 Å². The Labute approximate surface area is 163 Å². The first kappa shape index (κ1) is 22.0. The number of rotatable bonds is 13. The summed E-state index contributed by atoms with van der Waals surface area (Å²) in [5.74, 6) is -1.23. The number of carboxylic acids is 1. The van der Waals surface area contributed by atoms with Crippen molar-refractivity contribution in [3.63, 3.8) is 0 Å². The van der Waals surface area contributed by atoms with Gasteiger partial charge in [-0.05, 0) is 30.5 Å². The van der Waals surface area contributed by atoms with Crippen molar-refractivity contribution in [3.05, 3.63) is 45.7 Å². The summed E-state index contributed by atoms with van der Waals surface area (Å²) in [6.45, 7) is 3.53. The van der Waals surface area contributed by atoms with Gasteiger partial charge in [0, 0.05) is 38.4 Å². The van der Waals surface area contributed by atoms with Crippen LogP contribution in [-0.4, -0.2) is 62.3 Å². The predicted octanol–water partition coefficient (Wildman–Crippen LogP) is 1.27. The molecule has 0 fully saturated rings. The highest BCUT2D eigenvalue weighted by Gasteiger charge is 2.15. The lowest BCUT2D eigenvalue weighted by Crippen LogP contribution is -2.20. The number of nitrogens with zero attached hydrogens (tertiary/aromatic N) is 1. The van der Waals surface area contributed by atoms with E-state index in [0.29, 0.717) is 57.0 Å². The summed E-state index contributed by atoms with van der Waals surface area (Å²) >= 11 is 0. The molecular formula is C20H28N2O6. The van der Waals surface area contributed by atoms with Gasteiger partial charge in [-0.2, -0.15) is 0 Å². The van der Waals surface area contributed by atoms with Crippen molar-refractivity contribution >= 4 is 16.9 Å². The van der Waals surface area contributed by atoms with Crippen molar-refractivity contribution in [2.45, 2.75) is 19.4 Å². The van der Waals surface area contributed by atoms with E-state index in [4.69, 9.17) is 19.9 Å². The van der Waals surface area contributed by atoms with Crippen LogP contribution in [0, 0.1) is 0 Å². The summed E-state index contributed by atoms with van der Waals surface area (Å²) < 4.78 is 17.6. The third kappa shape index (κ3) is 6.13. The van der Waals surface area contributed by atoms with Gasteiger partial charge in [-0.25, -0.2) is 4.79 Å². The number of hydrogen-bond acceptors (Lipinski definition) is 6. The van der Waals surface area contributed by atoms with Gasteiger partial charge < -0.3 is 29.6 Å². The Morgan fingerprint density at radius 1 is 1.14 bits per heavy atom. The van der Waals surface area contributed by atoms with E-state index < -0.39 is 11.4 Å². The van der Waals surface area contributed by atoms with E-state index in [1.54, 1.807) is 17.7 Å². The smallest absolute Gasteiger partial charge is 0.341 e. The van der Waals surface area contributed by atoms with E-state index in [2.05, 4.69) is 0 Å². The molecule has 0 saturated carbocycles. The van der Waals surface area contributed by atoms with E-state index in [1.165, 1.54) is 6.20 Å². The number of aromatic carboxylic acids is 1. The van der Waals surface area contributed by atoms with Crippen LogP contribution >= 0.6 is 0 Å². The Morgan fingerprint density at radius 3 is 2.57 bits per heavy atom. The molecule has 0 radical (unpaired) electrons. The fraction of sp³-hybridized carbons (Fsp3) is 0.500. The van der Waals surface area contributed by atoms with E-state index in [9.17, 15) is 14.7 Å². The zero-order valence-electron chi connectivity index (χ0n) is 16.2. The molecule has 0 saturated heterocycles. The highest BCUT2D eigenvalue weighted by Crippen LogP contribution is 2.16. The fourth-order valence-corrected chi connectivity index (χ4v) is 2.91. The first-order chi connectivity index (χ1) is 13.6. The molecule has 28 heavy (non-hydrogen) atoms. The number of fused-ring (bicyclic) bond motifs is 1. The molecule has 1 aromatic carbocycles. The molecule has 0 spiro atoms. The molecule has 0 aliphatic heterocycles. The average molecular weight is 392 g/mol. The van der Waals surface area contributed by atoms with Crippen LogP contribution in [0.1, 0.15) is 22.3 Å². The van der Waals surface area contributed by atoms with Crippen LogP contribution in [0.3, 0.4) is 0 Å². The lowest BCUT2D eigenvalue weighted by atomic mass is 10.0. The summed E-state index contributed by atoms with van der Waals surface area (Å²) in [6, 6.07) is 5.59. The third-order valence-electron chi connectivity index (χ3n) is 4.30. The van der Waals surface area contributed by atoms with Crippen molar-refractivity contribution in [2.24, 2.45) is 5.73 Å². The van der Waals surface area contributed by atoms with Crippen molar-refractivity contribution in [3.8, 4) is 0 Å². The maximum Gasteiger partial charge on any atom is 0.341 e. The molecule has 0 atom stereocenters. The normalized spacial score (nSPS) is 11.2. The van der Waals surface area contributed by atoms with Crippen molar-refractivity contribution in [2.75, 3.05) is 46.7 Å². The number of hydrogen-bond donors (Lipinski definition) is 2. The molecule has 2 aromatic rings. The number of nitrogens with two attached hydrogens (primary N) is 1. The van der Waals surface area contributed by atoms with Crippen molar-refractivity contribution in [1.82, 2.24) is 4.57 Å². The average Bonchev–Trinajstić information content (AvgIpc) is 2.69. The molecule has 0 amide bonds. The van der Waals surface area contributed by atoms with Gasteiger partial charge in [-0.15, -0.1) is 0 Å². The predicted molar refractivity (Wildman–Crippen MR) is 106 cm³/mol. The molecule has 0 bridgehead atoms. The monoisotopic (exact) mass is 392 g/mol. The van der Waals surface area contributed by atoms with E-state index in [1.807, 2.05) is 12.1 Å². The minimum Gasteiger partial charge on any atom is -0.477 e. The molecular weight excluding hydrogens is 364 g/mol. The first-order valence-electron chi connectivity index (χ1n) is 9.32. The van der Waals surface area contributed by atoms with E-state index in [0.717, 1.165) is 18.4 Å². The minimum absolute atomic E-state index is 0.235. The molecule has 1 heterocycles. The Morgan fingerprint density at radius 2 is 1.89 bits per heavy atom. The summed E-state index contributed by atoms with van der Waals surface area (Å²) in [7, 11) is 1.58. The topological polar surface area (TPSA) is 113 Å². The molecule has 2 rings (SSSR count). The van der Waals surface area contributed by atoms with Crippen LogP contribution in [0.4, 0.5) is 0 Å². The third-order valence-corrected chi connectivity index (χ3v) is 4.30. The lowest BCUT2D eigenvalue weighted by molar-refractivity contribution is 0.0499. The Balaban J connectivity index is 2.07. The van der Waals surface area contributed by atoms with Gasteiger partial charge in [0.2, 0.25) is 5.43 Å². The minimum atomic E-state index is -1.23. The standard InChI is InChI=1S/C20H28N2O6/c1-26-10-7-22-14-17(20(24)25)19(23)16-13-15(4-5-18(16)22)3-2-8-27-11-12-28-9-6-21/h4-5,13-14H,2-3,6-12,21H2,1H3,(H,24,25). The maximum absolute atomic E-state index is 12.6. The Hall–Kier alpha value is -2.26. The molecule has 8 nitrogen and oxygen atoms in total. The van der Waals surface area contributed by atoms with Crippen LogP contribution in [0.5, 0.6) is 0 Å². The number of aryl methyl sites for hydroxylation is 1. The summed E-state index contributed by atoms with van der Waals surface area (Å²) in [5.41, 5.74) is 6.30. The number of aromatic nitrogens is 1. The lowest BCUT2D eigenvalue weighted by Gasteiger charge is -2.13. The number of pyridine rings is 1. The highest BCUT2D eigenvalue weighted by molar-refractivity contribution is 5.92. The molecule has 154 valence electrons. The van der Waals surface area contributed by atoms with Gasteiger partial charge in [-0.1, -0.05) is 6.07 Å². The van der Waals surface area contributed by atoms with Crippen LogP contribution in [0.25, 0.3) is 10.9 Å². The molecule has 8 heteroatoms. The van der Waals surface area contributed by atoms with Gasteiger partial charge in [0.1, 0.15) is 5.56 Å². The number of ether oxygens (including phenoxy) is 3. The first-order valence-corrected chi connectivity index (χ1v) is 9.32. The van der Waals surface area contributed by atoms with Gasteiger partial charge in [0.15, 0.2) is 0 Å². The SMILES string of the molecule is COCCn1cc(C(=O)O)c(=O)c2cc(CCCOCCOCCN)ccc21. The van der Waals surface area contributed by atoms with Crippen LogP contribution in [0.2, 0.25) is 0 Å². The number of carboxylic acid groups (broad SMARTS) is 1. The molecule has 0 aliphatic rings. The van der Waals surface area contributed by atoms with Gasteiger partial charge in [0.25, 0.3) is 0 Å². The zero-order chi connectivity index (χ0) is 20.4. The summed E-state index contributed by atoms with van der Waals surface area (Å²) in [5, 5.41) is 9.75. The summed E-state index contributed by atoms with van der Waals surface area (Å²) in [4.78, 5) is 24.0. The molecule has 3 N–H and O–H groups in total. The van der Waals surface area contributed by atoms with Crippen LogP contribution in [-0.2, 0) is 27.2 Å². The van der Waals surface area contributed by atoms with Crippen molar-refractivity contribution in [1.29, 1.82) is 0 Å². The van der Waals surface area contributed by atoms with Gasteiger partial charge in [-0.3, -0.25) is 4.79 Å². The maximum atomic E-state index is 12.6. The molecule has 0 aliphatic carbocycles. The van der Waals surface area contributed by atoms with Gasteiger partial charge >= 0.3 is 5.97 Å². The zero-order valence-corrected chi connectivity index (χ0v) is 16.2. The molecule has 0 unspecified atom stereocenters. The van der Waals surface area contributed by atoms with Crippen molar-refractivity contribution < 1.29 is 24.1 Å². The van der Waals surface area contributed by atoms with Gasteiger partial charge in [0.05, 0.1) is 31.9 Å². The largest absolute Gasteiger partial charge is 0.477 e. The van der Waals surface area contributed by atoms with E-state index in [-0.39, 0.29) is 5.56 Å². The second kappa shape index (κ2) is 11.6. The number of carbonyl (C=O) groups is 1. The molecule has 1 aromatic heterocycles. The number of benzene rings is 1. The highest BCUT2D eigenvalue weighted by atomic mass is 16.5. The van der Waals surface area contributed by atoms with Crippen LogP contribution in [0.15, 0.2) is 29.2 Å². The Bertz CT molecular complexity index is 833. The summed E-state index contributed by atoms with van der Waals surface area (Å²) in [6.07, 6.45) is 2.90. The van der Waals surface area contributed by atoms with Crippen LogP contribution < -0.4 is 11.2 Å². The second-order valence-electron chi connectivity index (χ2n) is 6.33. The quantitative estimate of drug-likeness (QED) is 0.494. The Kier molecular flexibility index (Phi) is 9.09. The second-order valence-corrected chi connectivity index (χ2v) is 6.33.